The van der Waals surface area contributed by atoms with Crippen molar-refractivity contribution in [2.24, 2.45) is 0 Å². The zero-order valence-electron chi connectivity index (χ0n) is 12.8. The van der Waals surface area contributed by atoms with Gasteiger partial charge < -0.3 is 10.2 Å². The van der Waals surface area contributed by atoms with Crippen LogP contribution in [0.4, 0.5) is 11.5 Å². The molecule has 0 amide bonds. The van der Waals surface area contributed by atoms with Crippen molar-refractivity contribution in [1.29, 1.82) is 0 Å². The molecule has 4 nitrogen and oxygen atoms in total. The minimum atomic E-state index is 0.605. The van der Waals surface area contributed by atoms with Crippen molar-refractivity contribution in [2.75, 3.05) is 36.4 Å². The number of nitrogens with one attached hydrogen (secondary N) is 1. The van der Waals surface area contributed by atoms with E-state index in [2.05, 4.69) is 32.2 Å². The lowest BCUT2D eigenvalue weighted by atomic mass is 10.1. The molecule has 1 aromatic heterocycles. The van der Waals surface area contributed by atoms with Crippen molar-refractivity contribution in [3.63, 3.8) is 0 Å². The minimum absolute atomic E-state index is 0.605. The van der Waals surface area contributed by atoms with E-state index in [4.69, 9.17) is 0 Å². The lowest BCUT2D eigenvalue weighted by molar-refractivity contribution is 0.326. The zero-order valence-corrected chi connectivity index (χ0v) is 12.8. The molecule has 2 saturated heterocycles. The lowest BCUT2D eigenvalue weighted by Crippen LogP contribution is -2.30. The number of piperidine rings is 1. The van der Waals surface area contributed by atoms with E-state index in [9.17, 15) is 0 Å². The highest BCUT2D eigenvalue weighted by Crippen LogP contribution is 2.30. The number of hydrogen-bond acceptors (Lipinski definition) is 4. The number of anilines is 2. The highest BCUT2D eigenvalue weighted by atomic mass is 15.2. The predicted octanol–water partition coefficient (Wildman–Crippen LogP) is 2.72. The monoisotopic (exact) mass is 286 g/mol. The van der Waals surface area contributed by atoms with E-state index in [-0.39, 0.29) is 0 Å². The molecule has 21 heavy (non-hydrogen) atoms. The summed E-state index contributed by atoms with van der Waals surface area (Å²) in [4.78, 5) is 9.72. The molecular formula is C17H26N4. The van der Waals surface area contributed by atoms with Gasteiger partial charge in [0.25, 0.3) is 0 Å². The van der Waals surface area contributed by atoms with E-state index >= 15 is 0 Å². The first-order chi connectivity index (χ1) is 10.4. The Balaban J connectivity index is 1.33. The van der Waals surface area contributed by atoms with Gasteiger partial charge in [0.2, 0.25) is 0 Å². The van der Waals surface area contributed by atoms with Gasteiger partial charge in [0, 0.05) is 38.3 Å². The van der Waals surface area contributed by atoms with Crippen LogP contribution in [-0.4, -0.2) is 48.1 Å². The number of pyridine rings is 1. The van der Waals surface area contributed by atoms with E-state index in [1.165, 1.54) is 70.4 Å². The van der Waals surface area contributed by atoms with Crippen LogP contribution in [0, 0.1) is 0 Å². The van der Waals surface area contributed by atoms with Crippen molar-refractivity contribution < 1.29 is 0 Å². The Bertz CT molecular complexity index is 462. The fourth-order valence-electron chi connectivity index (χ4n) is 3.69. The predicted molar refractivity (Wildman–Crippen MR) is 86.9 cm³/mol. The smallest absolute Gasteiger partial charge is 0.128 e. The maximum absolute atomic E-state index is 4.66. The number of hydrogen-bond donors (Lipinski definition) is 1. The fourth-order valence-corrected chi connectivity index (χ4v) is 3.69. The summed E-state index contributed by atoms with van der Waals surface area (Å²) >= 11 is 0. The molecule has 1 unspecified atom stereocenters. The maximum atomic E-state index is 4.66. The summed E-state index contributed by atoms with van der Waals surface area (Å²) in [5, 5.41) is 3.66. The Morgan fingerprint density at radius 3 is 2.57 bits per heavy atom. The SMILES string of the molecule is c1cc(N2CCCCC2)ncc1NC1CCN(C2CC2)C1. The van der Waals surface area contributed by atoms with E-state index in [0.29, 0.717) is 6.04 Å². The van der Waals surface area contributed by atoms with Crippen LogP contribution in [-0.2, 0) is 0 Å². The molecule has 1 aliphatic carbocycles. The second kappa shape index (κ2) is 5.84. The standard InChI is InChI=1S/C17H26N4/c1-2-9-20(10-3-1)17-7-4-14(12-18-17)19-15-8-11-21(13-15)16-5-6-16/h4,7,12,15-16,19H,1-3,5-6,8-11,13H2. The normalized spacial score (nSPS) is 27.0. The van der Waals surface area contributed by atoms with Crippen LogP contribution in [0.2, 0.25) is 0 Å². The van der Waals surface area contributed by atoms with Gasteiger partial charge in [-0.2, -0.15) is 0 Å². The summed E-state index contributed by atoms with van der Waals surface area (Å²) in [5.41, 5.74) is 1.18. The number of likely N-dealkylation sites (tertiary alicyclic amines) is 1. The molecule has 1 saturated carbocycles. The third kappa shape index (κ3) is 3.15. The third-order valence-corrected chi connectivity index (χ3v) is 5.08. The van der Waals surface area contributed by atoms with Crippen molar-refractivity contribution >= 4 is 11.5 Å². The summed E-state index contributed by atoms with van der Waals surface area (Å²) in [6, 6.07) is 5.89. The zero-order chi connectivity index (χ0) is 14.1. The van der Waals surface area contributed by atoms with Crippen LogP contribution >= 0.6 is 0 Å². The second-order valence-corrected chi connectivity index (χ2v) is 6.81. The molecule has 1 aromatic rings. The molecule has 3 heterocycles. The van der Waals surface area contributed by atoms with Crippen molar-refractivity contribution in [3.05, 3.63) is 18.3 Å². The number of aromatic nitrogens is 1. The van der Waals surface area contributed by atoms with Crippen LogP contribution in [0.1, 0.15) is 38.5 Å². The molecule has 0 spiro atoms. The van der Waals surface area contributed by atoms with E-state index in [0.717, 1.165) is 11.9 Å². The van der Waals surface area contributed by atoms with Gasteiger partial charge in [-0.3, -0.25) is 4.90 Å². The van der Waals surface area contributed by atoms with Crippen LogP contribution < -0.4 is 10.2 Å². The van der Waals surface area contributed by atoms with Gasteiger partial charge >= 0.3 is 0 Å². The largest absolute Gasteiger partial charge is 0.380 e. The second-order valence-electron chi connectivity index (χ2n) is 6.81. The van der Waals surface area contributed by atoms with Crippen LogP contribution in [0.15, 0.2) is 18.3 Å². The van der Waals surface area contributed by atoms with Crippen molar-refractivity contribution in [1.82, 2.24) is 9.88 Å². The first kappa shape index (κ1) is 13.4. The van der Waals surface area contributed by atoms with Crippen LogP contribution in [0.5, 0.6) is 0 Å². The summed E-state index contributed by atoms with van der Waals surface area (Å²) in [7, 11) is 0. The molecular weight excluding hydrogens is 260 g/mol. The Morgan fingerprint density at radius 1 is 1.00 bits per heavy atom. The summed E-state index contributed by atoms with van der Waals surface area (Å²) in [6.45, 7) is 4.80. The average molecular weight is 286 g/mol. The quantitative estimate of drug-likeness (QED) is 0.922. The van der Waals surface area contributed by atoms with Crippen molar-refractivity contribution in [2.45, 2.75) is 50.6 Å². The van der Waals surface area contributed by atoms with Gasteiger partial charge in [0.15, 0.2) is 0 Å². The van der Waals surface area contributed by atoms with Crippen molar-refractivity contribution in [3.8, 4) is 0 Å². The maximum Gasteiger partial charge on any atom is 0.128 e. The lowest BCUT2D eigenvalue weighted by Gasteiger charge is -2.27. The van der Waals surface area contributed by atoms with E-state index in [1.54, 1.807) is 0 Å². The van der Waals surface area contributed by atoms with Gasteiger partial charge in [0.05, 0.1) is 11.9 Å². The molecule has 4 heteroatoms. The van der Waals surface area contributed by atoms with E-state index in [1.807, 2.05) is 6.20 Å². The molecule has 0 bridgehead atoms. The Labute approximate surface area is 127 Å². The Hall–Kier alpha value is -1.29. The fraction of sp³-hybridized carbons (Fsp3) is 0.706. The molecule has 1 N–H and O–H groups in total. The van der Waals surface area contributed by atoms with Gasteiger partial charge in [0.1, 0.15) is 5.82 Å². The van der Waals surface area contributed by atoms with Gasteiger partial charge in [-0.25, -0.2) is 4.98 Å². The van der Waals surface area contributed by atoms with E-state index < -0.39 is 0 Å². The third-order valence-electron chi connectivity index (χ3n) is 5.08. The molecule has 0 aromatic carbocycles. The highest BCUT2D eigenvalue weighted by Gasteiger charge is 2.34. The molecule has 0 radical (unpaired) electrons. The average Bonchev–Trinajstić information content (AvgIpc) is 3.29. The first-order valence-corrected chi connectivity index (χ1v) is 8.60. The number of rotatable bonds is 4. The van der Waals surface area contributed by atoms with Crippen LogP contribution in [0.25, 0.3) is 0 Å². The topological polar surface area (TPSA) is 31.4 Å². The van der Waals surface area contributed by atoms with Gasteiger partial charge in [-0.15, -0.1) is 0 Å². The molecule has 114 valence electrons. The van der Waals surface area contributed by atoms with Crippen LogP contribution in [0.3, 0.4) is 0 Å². The van der Waals surface area contributed by atoms with Gasteiger partial charge in [-0.1, -0.05) is 0 Å². The molecule has 4 rings (SSSR count). The molecule has 2 aliphatic heterocycles. The summed E-state index contributed by atoms with van der Waals surface area (Å²) in [5.74, 6) is 1.14. The summed E-state index contributed by atoms with van der Waals surface area (Å²) in [6.07, 6.45) is 10.1. The van der Waals surface area contributed by atoms with Gasteiger partial charge in [-0.05, 0) is 50.7 Å². The minimum Gasteiger partial charge on any atom is -0.380 e. The molecule has 1 atom stereocenters. The highest BCUT2D eigenvalue weighted by molar-refractivity contribution is 5.49. The molecule has 3 fully saturated rings. The number of nitrogens with zero attached hydrogens (tertiary/aromatic N) is 3. The Morgan fingerprint density at radius 2 is 1.86 bits per heavy atom. The first-order valence-electron chi connectivity index (χ1n) is 8.60. The summed E-state index contributed by atoms with van der Waals surface area (Å²) < 4.78 is 0. The molecule has 3 aliphatic rings. The Kier molecular flexibility index (Phi) is 3.72.